The minimum absolute atomic E-state index is 0.0173. The van der Waals surface area contributed by atoms with Crippen LogP contribution in [-0.4, -0.2) is 40.7 Å². The van der Waals surface area contributed by atoms with E-state index < -0.39 is 0 Å². The topological polar surface area (TPSA) is 40.2 Å². The molecule has 0 amide bonds. The van der Waals surface area contributed by atoms with Gasteiger partial charge in [0.1, 0.15) is 0 Å². The van der Waals surface area contributed by atoms with Crippen LogP contribution in [0.15, 0.2) is 163 Å². The average molecular weight is 1540 g/mol. The van der Waals surface area contributed by atoms with E-state index >= 15 is 0 Å². The van der Waals surface area contributed by atoms with Crippen molar-refractivity contribution in [3.8, 4) is 22.3 Å². The van der Waals surface area contributed by atoms with E-state index in [1.165, 1.54) is 228 Å². The minimum atomic E-state index is -0.240. The Balaban J connectivity index is 0.000000172. The Morgan fingerprint density at radius 1 is 0.337 bits per heavy atom. The van der Waals surface area contributed by atoms with Crippen molar-refractivity contribution in [3.63, 3.8) is 0 Å². The summed E-state index contributed by atoms with van der Waals surface area (Å²) in [4.78, 5) is 2.28. The van der Waals surface area contributed by atoms with E-state index in [0.29, 0.717) is 32.3 Å². The Bertz CT molecular complexity index is 3200. The Morgan fingerprint density at radius 3 is 0.926 bits per heavy atom. The van der Waals surface area contributed by atoms with E-state index in [-0.39, 0.29) is 25.1 Å². The standard InChI is InChI=1S/C33H48B2O4.C29H40Br2.C22H21Br2N/c1-3-5-7-9-11-13-19-33(20-14-12-10-8-6-4-2)31-25-27(34-36-21-22-37-34)15-17-29(31)30-18-16-28(26-32(30)33)35-38-23-24-39-35;1-3-5-7-9-11-13-19-29(20-14-12-10-8-6-4-2)27-21-23(30)15-17-25(27)26-18-16-24(31)22-28(26)29;1-3-16(2)17-4-10-20(11-5-17)25(21-12-6-18(23)7-13-21)22-14-8-19(24)9-15-22/h15-18,25-26H,3-14,19-24H2,1-2H3;15-18,21-22H,3-14,19-20H2,1-2H3;4-16H,3H2,1-2H3. The number of rotatable bonds is 35. The van der Waals surface area contributed by atoms with Crippen LogP contribution in [0, 0.1) is 0 Å². The van der Waals surface area contributed by atoms with Gasteiger partial charge < -0.3 is 23.5 Å². The molecule has 11 heteroatoms. The van der Waals surface area contributed by atoms with Gasteiger partial charge in [0.25, 0.3) is 0 Å². The first-order valence-corrected chi connectivity index (χ1v) is 40.4. The van der Waals surface area contributed by atoms with Crippen LogP contribution >= 0.6 is 63.7 Å². The summed E-state index contributed by atoms with van der Waals surface area (Å²) in [6, 6.07) is 53.7. The van der Waals surface area contributed by atoms with Crippen LogP contribution in [0.3, 0.4) is 0 Å². The zero-order valence-electron chi connectivity index (χ0n) is 58.5. The van der Waals surface area contributed by atoms with E-state index in [4.69, 9.17) is 18.6 Å². The molecule has 2 fully saturated rings. The van der Waals surface area contributed by atoms with Gasteiger partial charge in [-0.1, -0.05) is 320 Å². The number of unbranched alkanes of at least 4 members (excludes halogenated alkanes) is 20. The first-order valence-electron chi connectivity index (χ1n) is 37.2. The van der Waals surface area contributed by atoms with Gasteiger partial charge in [-0.25, -0.2) is 0 Å². The first kappa shape index (κ1) is 75.4. The van der Waals surface area contributed by atoms with Crippen LogP contribution < -0.4 is 15.8 Å². The van der Waals surface area contributed by atoms with Gasteiger partial charge >= 0.3 is 14.2 Å². The molecule has 1 unspecified atom stereocenters. The summed E-state index contributed by atoms with van der Waals surface area (Å²) >= 11 is 14.6. The van der Waals surface area contributed by atoms with Crippen LogP contribution in [-0.2, 0) is 29.4 Å². The Kier molecular flexibility index (Phi) is 31.2. The second kappa shape index (κ2) is 39.3. The molecule has 0 spiro atoms. The highest BCUT2D eigenvalue weighted by molar-refractivity contribution is 9.11. The lowest BCUT2D eigenvalue weighted by atomic mass is 9.67. The van der Waals surface area contributed by atoms with Gasteiger partial charge in [0, 0.05) is 45.8 Å². The average Bonchev–Trinajstić information content (AvgIpc) is 1.58. The van der Waals surface area contributed by atoms with Crippen LogP contribution in [0.2, 0.25) is 0 Å². The van der Waals surface area contributed by atoms with E-state index in [1.807, 2.05) is 0 Å². The summed E-state index contributed by atoms with van der Waals surface area (Å²) in [5, 5.41) is 0. The molecular weight excluding hydrogens is 1430 g/mol. The molecule has 7 aromatic carbocycles. The van der Waals surface area contributed by atoms with Crippen molar-refractivity contribution in [2.75, 3.05) is 31.3 Å². The Hall–Kier alpha value is -3.77. The molecule has 2 heterocycles. The third kappa shape index (κ3) is 20.3. The van der Waals surface area contributed by atoms with Gasteiger partial charge in [-0.15, -0.1) is 0 Å². The molecule has 2 aliphatic heterocycles. The predicted molar refractivity (Wildman–Crippen MR) is 423 cm³/mol. The SMILES string of the molecule is CCC(C)c1ccc(N(c2ccc(Br)cc2)c2ccc(Br)cc2)cc1.CCCCCCCCC1(CCCCCCCC)c2cc(B3OCCO3)ccc2-c2ccc(B3OCCO3)cc21.CCCCCCCCC1(CCCCCCCC)c2cc(Br)ccc2-c2ccc(Br)cc21. The molecule has 11 rings (SSSR count). The van der Waals surface area contributed by atoms with Crippen molar-refractivity contribution in [2.45, 2.75) is 244 Å². The van der Waals surface area contributed by atoms with E-state index in [0.717, 1.165) is 43.4 Å². The number of benzene rings is 7. The number of hydrogen-bond acceptors (Lipinski definition) is 5. The van der Waals surface area contributed by atoms with Gasteiger partial charge in [0.15, 0.2) is 0 Å². The molecule has 0 radical (unpaired) electrons. The highest BCUT2D eigenvalue weighted by Gasteiger charge is 2.45. The smallest absolute Gasteiger partial charge is 0.405 e. The molecule has 5 nitrogen and oxygen atoms in total. The fourth-order valence-electron chi connectivity index (χ4n) is 15.3. The van der Waals surface area contributed by atoms with Crippen LogP contribution in [0.1, 0.15) is 261 Å². The second-order valence-electron chi connectivity index (χ2n) is 27.6. The van der Waals surface area contributed by atoms with E-state index in [2.05, 4.69) is 256 Å². The number of halogens is 4. The first-order chi connectivity index (χ1) is 46.5. The maximum atomic E-state index is 5.95. The monoisotopic (exact) mass is 1530 g/mol. The maximum Gasteiger partial charge on any atom is 0.494 e. The van der Waals surface area contributed by atoms with E-state index in [9.17, 15) is 0 Å². The van der Waals surface area contributed by atoms with Crippen molar-refractivity contribution < 1.29 is 18.6 Å². The minimum Gasteiger partial charge on any atom is -0.405 e. The molecule has 4 aliphatic rings. The number of anilines is 3. The molecule has 7 aromatic rings. The molecule has 2 saturated heterocycles. The molecule has 0 aromatic heterocycles. The molecule has 95 heavy (non-hydrogen) atoms. The third-order valence-corrected chi connectivity index (χ3v) is 22.9. The summed E-state index contributed by atoms with van der Waals surface area (Å²) in [6.07, 6.45) is 38.3. The lowest BCUT2D eigenvalue weighted by Gasteiger charge is -2.33. The van der Waals surface area contributed by atoms with Crippen molar-refractivity contribution in [2.24, 2.45) is 0 Å². The number of fused-ring (bicyclic) bond motifs is 6. The van der Waals surface area contributed by atoms with Crippen molar-refractivity contribution in [1.82, 2.24) is 0 Å². The number of nitrogens with zero attached hydrogens (tertiary/aromatic N) is 1. The lowest BCUT2D eigenvalue weighted by Crippen LogP contribution is -2.35. The Morgan fingerprint density at radius 2 is 0.611 bits per heavy atom. The van der Waals surface area contributed by atoms with Gasteiger partial charge in [-0.05, 0) is 184 Å². The van der Waals surface area contributed by atoms with Crippen LogP contribution in [0.25, 0.3) is 22.3 Å². The van der Waals surface area contributed by atoms with Crippen molar-refractivity contribution >= 4 is 106 Å². The van der Waals surface area contributed by atoms with Crippen molar-refractivity contribution in [3.05, 3.63) is 191 Å². The molecule has 0 N–H and O–H groups in total. The predicted octanol–water partition coefficient (Wildman–Crippen LogP) is 26.1. The molecule has 508 valence electrons. The fraction of sp³-hybridized carbons (Fsp3) is 0.500. The zero-order valence-corrected chi connectivity index (χ0v) is 64.9. The normalized spacial score (nSPS) is 15.0. The molecule has 2 aliphatic carbocycles. The molecule has 0 saturated carbocycles. The van der Waals surface area contributed by atoms with Crippen molar-refractivity contribution in [1.29, 1.82) is 0 Å². The molecule has 0 bridgehead atoms. The quantitative estimate of drug-likeness (QED) is 0.0292. The van der Waals surface area contributed by atoms with E-state index in [1.54, 1.807) is 11.1 Å². The number of hydrogen-bond donors (Lipinski definition) is 0. The summed E-state index contributed by atoms with van der Waals surface area (Å²) in [7, 11) is -0.480. The fourth-order valence-corrected chi connectivity index (χ4v) is 16.6. The molecule has 1 atom stereocenters. The van der Waals surface area contributed by atoms with Gasteiger partial charge in [0.2, 0.25) is 0 Å². The lowest BCUT2D eigenvalue weighted by molar-refractivity contribution is 0.365. The summed E-state index contributed by atoms with van der Waals surface area (Å²) in [5.41, 5.74) is 19.2. The Labute approximate surface area is 609 Å². The van der Waals surface area contributed by atoms with Crippen LogP contribution in [0.5, 0.6) is 0 Å². The van der Waals surface area contributed by atoms with Gasteiger partial charge in [0.05, 0.1) is 26.4 Å². The maximum absolute atomic E-state index is 5.95. The second-order valence-corrected chi connectivity index (χ2v) is 31.2. The summed E-state index contributed by atoms with van der Waals surface area (Å²) < 4.78 is 28.4. The third-order valence-electron chi connectivity index (χ3n) is 20.8. The van der Waals surface area contributed by atoms with Gasteiger partial charge in [-0.2, -0.15) is 0 Å². The van der Waals surface area contributed by atoms with Gasteiger partial charge in [-0.3, -0.25) is 0 Å². The largest absolute Gasteiger partial charge is 0.494 e. The highest BCUT2D eigenvalue weighted by Crippen LogP contribution is 2.56. The highest BCUT2D eigenvalue weighted by atomic mass is 79.9. The summed E-state index contributed by atoms with van der Waals surface area (Å²) in [5.74, 6) is 0.586. The molecular formula is C84H109B2Br4NO4. The zero-order chi connectivity index (χ0) is 66.8. The van der Waals surface area contributed by atoms with Crippen LogP contribution in [0.4, 0.5) is 17.1 Å². The summed E-state index contributed by atoms with van der Waals surface area (Å²) in [6.45, 7) is 16.4.